The Kier molecular flexibility index (Phi) is 7.41. The Morgan fingerprint density at radius 2 is 1.75 bits per heavy atom. The average Bonchev–Trinajstić information content (AvgIpc) is 3.63. The molecule has 0 N–H and O–H groups in total. The molecule has 6 rings (SSSR count). The molecule has 7 nitrogen and oxygen atoms in total. The number of rotatable bonds is 8. The van der Waals surface area contributed by atoms with Gasteiger partial charge in [0.15, 0.2) is 9.84 Å². The third kappa shape index (κ3) is 5.79. The number of sulfone groups is 1. The van der Waals surface area contributed by atoms with Crippen LogP contribution in [0, 0.1) is 22.7 Å². The van der Waals surface area contributed by atoms with Gasteiger partial charge in [0.1, 0.15) is 11.5 Å². The van der Waals surface area contributed by atoms with Gasteiger partial charge in [-0.25, -0.2) is 13.4 Å². The van der Waals surface area contributed by atoms with Crippen molar-refractivity contribution in [3.8, 4) is 27.5 Å². The molecule has 3 fully saturated rings. The summed E-state index contributed by atoms with van der Waals surface area (Å²) in [6.45, 7) is 0.997. The summed E-state index contributed by atoms with van der Waals surface area (Å²) in [5, 5.41) is 10.2. The molecule has 2 atom stereocenters. The van der Waals surface area contributed by atoms with Crippen molar-refractivity contribution in [2.24, 2.45) is 11.3 Å². The second-order valence-electron chi connectivity index (χ2n) is 11.3. The van der Waals surface area contributed by atoms with E-state index in [9.17, 15) is 18.5 Å². The second-order valence-corrected chi connectivity index (χ2v) is 14.6. The van der Waals surface area contributed by atoms with Crippen LogP contribution in [0.5, 0.6) is 10.9 Å². The van der Waals surface area contributed by atoms with Gasteiger partial charge in [0.25, 0.3) is 5.19 Å². The molecule has 0 bridgehead atoms. The Bertz CT molecular complexity index is 1510. The Morgan fingerprint density at radius 1 is 1.05 bits per heavy atom. The molecular formula is C31H33N3O4S2. The van der Waals surface area contributed by atoms with E-state index in [0.717, 1.165) is 60.3 Å². The Morgan fingerprint density at radius 3 is 2.42 bits per heavy atom. The summed E-state index contributed by atoms with van der Waals surface area (Å²) in [5.74, 6) is 1.12. The number of Topliss-reactive ketones (excluding diaryl/α,β-unsaturated/α-hetero) is 1. The van der Waals surface area contributed by atoms with Crippen LogP contribution in [-0.4, -0.2) is 43.8 Å². The predicted octanol–water partition coefficient (Wildman–Crippen LogP) is 6.37. The molecule has 3 aliphatic rings. The van der Waals surface area contributed by atoms with Crippen LogP contribution < -0.4 is 9.64 Å². The van der Waals surface area contributed by atoms with Gasteiger partial charge in [-0.1, -0.05) is 54.5 Å². The van der Waals surface area contributed by atoms with Crippen LogP contribution in [-0.2, 0) is 14.6 Å². The fourth-order valence-corrected chi connectivity index (χ4v) is 8.20. The van der Waals surface area contributed by atoms with E-state index in [1.165, 1.54) is 11.3 Å². The fourth-order valence-electron chi connectivity index (χ4n) is 5.98. The summed E-state index contributed by atoms with van der Waals surface area (Å²) >= 11 is 1.50. The molecule has 0 radical (unpaired) electrons. The number of nitriles is 1. The van der Waals surface area contributed by atoms with Gasteiger partial charge in [-0.05, 0) is 55.5 Å². The van der Waals surface area contributed by atoms with Crippen LogP contribution >= 0.6 is 11.3 Å². The SMILES string of the molecule is N#CC1(CC(=O)[C@@H]2CCCC[C@H]2c2nc(Oc3ccccc3)sc2-c2ccc(N3CCS(=O)(=O)CC3)cc2)CC1. The van der Waals surface area contributed by atoms with E-state index in [2.05, 4.69) is 23.1 Å². The predicted molar refractivity (Wildman–Crippen MR) is 157 cm³/mol. The van der Waals surface area contributed by atoms with E-state index in [4.69, 9.17) is 9.72 Å². The first kappa shape index (κ1) is 27.0. The van der Waals surface area contributed by atoms with E-state index >= 15 is 0 Å². The molecule has 1 aromatic heterocycles. The number of hydrogen-bond acceptors (Lipinski definition) is 8. The zero-order chi connectivity index (χ0) is 27.7. The smallest absolute Gasteiger partial charge is 0.279 e. The third-order valence-corrected chi connectivity index (χ3v) is 11.2. The molecular weight excluding hydrogens is 542 g/mol. The van der Waals surface area contributed by atoms with Gasteiger partial charge in [-0.2, -0.15) is 5.26 Å². The lowest BCUT2D eigenvalue weighted by Crippen LogP contribution is -2.40. The van der Waals surface area contributed by atoms with Crippen molar-refractivity contribution >= 4 is 32.6 Å². The van der Waals surface area contributed by atoms with E-state index in [-0.39, 0.29) is 29.1 Å². The monoisotopic (exact) mass is 575 g/mol. The number of anilines is 1. The molecule has 40 heavy (non-hydrogen) atoms. The summed E-state index contributed by atoms with van der Waals surface area (Å²) in [6.07, 6.45) is 5.75. The van der Waals surface area contributed by atoms with Crippen LogP contribution in [0.1, 0.15) is 56.6 Å². The largest absolute Gasteiger partial charge is 0.431 e. The van der Waals surface area contributed by atoms with E-state index < -0.39 is 15.3 Å². The van der Waals surface area contributed by atoms with E-state index in [1.807, 2.05) is 42.5 Å². The van der Waals surface area contributed by atoms with Gasteiger partial charge in [0.05, 0.1) is 33.6 Å². The topological polar surface area (TPSA) is 100 Å². The molecule has 1 saturated heterocycles. The minimum atomic E-state index is -2.95. The number of aromatic nitrogens is 1. The molecule has 1 aliphatic heterocycles. The van der Waals surface area contributed by atoms with Crippen molar-refractivity contribution in [1.82, 2.24) is 4.98 Å². The standard InChI is InChI=1S/C31H33N3O4S2/c32-21-31(14-15-31)20-27(35)25-8-4-5-9-26(25)28-29(39-30(33-28)38-24-6-2-1-3-7-24)22-10-12-23(13-11-22)34-16-18-40(36,37)19-17-34/h1-3,6-7,10-13,25-26H,4-5,8-9,14-20H2/t25-,26-/m1/s1. The highest BCUT2D eigenvalue weighted by atomic mass is 32.2. The van der Waals surface area contributed by atoms with E-state index in [0.29, 0.717) is 30.5 Å². The molecule has 0 unspecified atom stereocenters. The minimum Gasteiger partial charge on any atom is -0.431 e. The molecule has 2 aromatic carbocycles. The molecule has 2 heterocycles. The van der Waals surface area contributed by atoms with Gasteiger partial charge >= 0.3 is 0 Å². The molecule has 0 spiro atoms. The van der Waals surface area contributed by atoms with Gasteiger partial charge in [0, 0.05) is 37.0 Å². The molecule has 2 saturated carbocycles. The van der Waals surface area contributed by atoms with Crippen molar-refractivity contribution in [2.75, 3.05) is 29.5 Å². The lowest BCUT2D eigenvalue weighted by molar-refractivity contribution is -0.125. The Labute approximate surface area is 239 Å². The van der Waals surface area contributed by atoms with Crippen LogP contribution in [0.25, 0.3) is 10.4 Å². The lowest BCUT2D eigenvalue weighted by atomic mass is 9.73. The maximum Gasteiger partial charge on any atom is 0.279 e. The maximum atomic E-state index is 13.6. The van der Waals surface area contributed by atoms with Gasteiger partial charge < -0.3 is 9.64 Å². The average molecular weight is 576 g/mol. The molecule has 2 aliphatic carbocycles. The zero-order valence-corrected chi connectivity index (χ0v) is 24.1. The van der Waals surface area contributed by atoms with Crippen molar-refractivity contribution in [3.63, 3.8) is 0 Å². The van der Waals surface area contributed by atoms with Gasteiger partial charge in [-0.15, -0.1) is 0 Å². The summed E-state index contributed by atoms with van der Waals surface area (Å²) in [7, 11) is -2.95. The first-order valence-electron chi connectivity index (χ1n) is 14.1. The van der Waals surface area contributed by atoms with Crippen LogP contribution in [0.4, 0.5) is 5.69 Å². The number of benzene rings is 2. The van der Waals surface area contributed by atoms with Gasteiger partial charge in [0.2, 0.25) is 0 Å². The minimum absolute atomic E-state index is 0.0120. The third-order valence-electron chi connectivity index (χ3n) is 8.56. The highest BCUT2D eigenvalue weighted by Gasteiger charge is 2.47. The quantitative estimate of drug-likeness (QED) is 0.307. The summed E-state index contributed by atoms with van der Waals surface area (Å²) in [4.78, 5) is 21.7. The van der Waals surface area contributed by atoms with Crippen molar-refractivity contribution in [3.05, 3.63) is 60.3 Å². The number of ether oxygens (including phenoxy) is 1. The zero-order valence-electron chi connectivity index (χ0n) is 22.4. The first-order valence-corrected chi connectivity index (χ1v) is 16.7. The van der Waals surface area contributed by atoms with Crippen LogP contribution in [0.3, 0.4) is 0 Å². The van der Waals surface area contributed by atoms with Gasteiger partial charge in [-0.3, -0.25) is 4.79 Å². The number of nitrogens with zero attached hydrogens (tertiary/aromatic N) is 3. The molecule has 208 valence electrons. The number of ketones is 1. The van der Waals surface area contributed by atoms with Crippen LogP contribution in [0.2, 0.25) is 0 Å². The number of thiazole rings is 1. The number of hydrogen-bond donors (Lipinski definition) is 0. The Balaban J connectivity index is 1.31. The van der Waals surface area contributed by atoms with Crippen LogP contribution in [0.15, 0.2) is 54.6 Å². The van der Waals surface area contributed by atoms with Crippen molar-refractivity contribution in [2.45, 2.75) is 50.9 Å². The fraction of sp³-hybridized carbons (Fsp3) is 0.452. The molecule has 9 heteroatoms. The second kappa shape index (κ2) is 11.0. The summed E-state index contributed by atoms with van der Waals surface area (Å²) < 4.78 is 29.9. The van der Waals surface area contributed by atoms with Crippen molar-refractivity contribution < 1.29 is 17.9 Å². The first-order chi connectivity index (χ1) is 19.3. The highest BCUT2D eigenvalue weighted by Crippen LogP contribution is 2.52. The summed E-state index contributed by atoms with van der Waals surface area (Å²) in [5.41, 5.74) is 2.47. The summed E-state index contributed by atoms with van der Waals surface area (Å²) in [6, 6.07) is 20.2. The molecule has 3 aromatic rings. The number of carbonyl (C=O) groups excluding carboxylic acids is 1. The van der Waals surface area contributed by atoms with Crippen molar-refractivity contribution in [1.29, 1.82) is 5.26 Å². The maximum absolute atomic E-state index is 13.6. The molecule has 0 amide bonds. The normalized spacial score (nSPS) is 23.2. The highest BCUT2D eigenvalue weighted by molar-refractivity contribution is 7.91. The van der Waals surface area contributed by atoms with E-state index in [1.54, 1.807) is 0 Å². The number of carbonyl (C=O) groups is 1. The Hall–Kier alpha value is -3.22. The number of para-hydroxylation sites is 1. The lowest BCUT2D eigenvalue weighted by Gasteiger charge is -2.31.